The number of aromatic nitrogens is 4. The summed E-state index contributed by atoms with van der Waals surface area (Å²) >= 11 is 0. The van der Waals surface area contributed by atoms with E-state index in [1.807, 2.05) is 6.07 Å². The Morgan fingerprint density at radius 1 is 1.40 bits per heavy atom. The molecule has 0 fully saturated rings. The van der Waals surface area contributed by atoms with Crippen molar-refractivity contribution in [3.8, 4) is 0 Å². The van der Waals surface area contributed by atoms with E-state index in [0.29, 0.717) is 0 Å². The van der Waals surface area contributed by atoms with E-state index < -0.39 is 10.0 Å². The van der Waals surface area contributed by atoms with Crippen LogP contribution in [0.1, 0.15) is 12.0 Å². The van der Waals surface area contributed by atoms with Crippen LogP contribution in [0.3, 0.4) is 0 Å². The van der Waals surface area contributed by atoms with Crippen LogP contribution in [0.15, 0.2) is 23.1 Å². The number of hydrogen-bond donors (Lipinski definition) is 2. The van der Waals surface area contributed by atoms with Crippen molar-refractivity contribution < 1.29 is 8.42 Å². The van der Waals surface area contributed by atoms with Gasteiger partial charge in [-0.05, 0) is 35.8 Å². The van der Waals surface area contributed by atoms with Gasteiger partial charge in [0.2, 0.25) is 0 Å². The summed E-state index contributed by atoms with van der Waals surface area (Å²) in [6.07, 6.45) is 2.02. The lowest BCUT2D eigenvalue weighted by Gasteiger charge is -2.18. The zero-order valence-electron chi connectivity index (χ0n) is 10.9. The number of fused-ring (bicyclic) bond motifs is 1. The molecule has 2 heterocycles. The second kappa shape index (κ2) is 4.75. The van der Waals surface area contributed by atoms with Gasteiger partial charge >= 0.3 is 0 Å². The first-order valence-corrected chi connectivity index (χ1v) is 7.66. The summed E-state index contributed by atoms with van der Waals surface area (Å²) in [5, 5.41) is 14.2. The van der Waals surface area contributed by atoms with E-state index in [4.69, 9.17) is 0 Å². The average molecular weight is 294 g/mol. The number of aryl methyl sites for hydroxylation is 2. The molecule has 20 heavy (non-hydrogen) atoms. The van der Waals surface area contributed by atoms with Crippen molar-refractivity contribution in [2.24, 2.45) is 7.05 Å². The number of sulfonamides is 1. The first kappa shape index (κ1) is 12.9. The zero-order valence-corrected chi connectivity index (χ0v) is 11.7. The Hall–Kier alpha value is -2.16. The zero-order chi connectivity index (χ0) is 14.2. The van der Waals surface area contributed by atoms with Gasteiger partial charge in [-0.15, -0.1) is 5.10 Å². The third-order valence-electron chi connectivity index (χ3n) is 3.06. The van der Waals surface area contributed by atoms with Gasteiger partial charge in [0.25, 0.3) is 16.0 Å². The van der Waals surface area contributed by atoms with Crippen LogP contribution in [-0.2, 0) is 23.5 Å². The Morgan fingerprint density at radius 3 is 3.00 bits per heavy atom. The fraction of sp³-hybridized carbons (Fsp3) is 0.364. The van der Waals surface area contributed by atoms with Crippen molar-refractivity contribution in [3.63, 3.8) is 0 Å². The van der Waals surface area contributed by atoms with Gasteiger partial charge in [-0.25, -0.2) is 13.1 Å². The van der Waals surface area contributed by atoms with E-state index in [0.717, 1.165) is 30.6 Å². The van der Waals surface area contributed by atoms with Gasteiger partial charge < -0.3 is 5.32 Å². The van der Waals surface area contributed by atoms with E-state index in [2.05, 4.69) is 25.4 Å². The molecule has 106 valence electrons. The first-order valence-electron chi connectivity index (χ1n) is 6.18. The second-order valence-corrected chi connectivity index (χ2v) is 6.24. The number of rotatable bonds is 3. The van der Waals surface area contributed by atoms with Gasteiger partial charge in [-0.1, -0.05) is 11.2 Å². The molecule has 2 aromatic rings. The SMILES string of the molecule is Cn1nnc(NS(=O)(=O)c2ccc3c(c2)NCCC3)n1. The summed E-state index contributed by atoms with van der Waals surface area (Å²) in [4.78, 5) is 1.37. The molecule has 9 heteroatoms. The third kappa shape index (κ3) is 2.44. The number of nitrogens with one attached hydrogen (secondary N) is 2. The van der Waals surface area contributed by atoms with Crippen molar-refractivity contribution in [2.75, 3.05) is 16.6 Å². The van der Waals surface area contributed by atoms with Crippen molar-refractivity contribution in [2.45, 2.75) is 17.7 Å². The van der Waals surface area contributed by atoms with Crippen molar-refractivity contribution in [1.82, 2.24) is 20.2 Å². The molecule has 2 N–H and O–H groups in total. The Bertz CT molecular complexity index is 739. The molecule has 0 bridgehead atoms. The maximum atomic E-state index is 12.2. The quantitative estimate of drug-likeness (QED) is 0.848. The molecule has 1 aromatic carbocycles. The van der Waals surface area contributed by atoms with E-state index >= 15 is 0 Å². The molecule has 1 aliphatic rings. The molecule has 0 amide bonds. The smallest absolute Gasteiger partial charge is 0.277 e. The van der Waals surface area contributed by atoms with Crippen LogP contribution in [0.25, 0.3) is 0 Å². The Morgan fingerprint density at radius 2 is 2.25 bits per heavy atom. The van der Waals surface area contributed by atoms with Gasteiger partial charge in [0.05, 0.1) is 11.9 Å². The molecule has 0 unspecified atom stereocenters. The molecule has 8 nitrogen and oxygen atoms in total. The predicted octanol–water partition coefficient (Wildman–Crippen LogP) is 0.369. The molecule has 1 aliphatic heterocycles. The number of nitrogens with zero attached hydrogens (tertiary/aromatic N) is 4. The molecule has 0 atom stereocenters. The van der Waals surface area contributed by atoms with Gasteiger partial charge in [0.15, 0.2) is 0 Å². The molecular formula is C11H14N6O2S. The van der Waals surface area contributed by atoms with Gasteiger partial charge in [-0.2, -0.15) is 4.80 Å². The van der Waals surface area contributed by atoms with Gasteiger partial charge in [0, 0.05) is 12.2 Å². The normalized spacial score (nSPS) is 14.4. The summed E-state index contributed by atoms with van der Waals surface area (Å²) < 4.78 is 26.8. The fourth-order valence-corrected chi connectivity index (χ4v) is 3.07. The van der Waals surface area contributed by atoms with Crippen LogP contribution in [0, 0.1) is 0 Å². The Labute approximate surface area is 116 Å². The molecule has 0 radical (unpaired) electrons. The molecule has 1 aromatic heterocycles. The molecule has 0 aliphatic carbocycles. The lowest BCUT2D eigenvalue weighted by atomic mass is 10.0. The van der Waals surface area contributed by atoms with E-state index in [1.165, 1.54) is 4.80 Å². The highest BCUT2D eigenvalue weighted by molar-refractivity contribution is 7.92. The summed E-state index contributed by atoms with van der Waals surface area (Å²) in [7, 11) is -2.14. The van der Waals surface area contributed by atoms with Crippen molar-refractivity contribution in [1.29, 1.82) is 0 Å². The van der Waals surface area contributed by atoms with E-state index in [-0.39, 0.29) is 10.8 Å². The monoisotopic (exact) mass is 294 g/mol. The fourth-order valence-electron chi connectivity index (χ4n) is 2.11. The molecule has 0 spiro atoms. The largest absolute Gasteiger partial charge is 0.385 e. The van der Waals surface area contributed by atoms with E-state index in [9.17, 15) is 8.42 Å². The van der Waals surface area contributed by atoms with Crippen LogP contribution < -0.4 is 10.0 Å². The highest BCUT2D eigenvalue weighted by Gasteiger charge is 2.19. The second-order valence-electron chi connectivity index (χ2n) is 4.56. The summed E-state index contributed by atoms with van der Waals surface area (Å²) in [6, 6.07) is 5.05. The average Bonchev–Trinajstić information content (AvgIpc) is 2.83. The number of benzene rings is 1. The highest BCUT2D eigenvalue weighted by atomic mass is 32.2. The summed E-state index contributed by atoms with van der Waals surface area (Å²) in [5.41, 5.74) is 2.00. The van der Waals surface area contributed by atoms with Crippen molar-refractivity contribution >= 4 is 21.7 Å². The molecular weight excluding hydrogens is 280 g/mol. The van der Waals surface area contributed by atoms with Crippen LogP contribution in [-0.4, -0.2) is 35.2 Å². The summed E-state index contributed by atoms with van der Waals surface area (Å²) in [6.45, 7) is 0.857. The minimum atomic E-state index is -3.70. The van der Waals surface area contributed by atoms with Crippen LogP contribution in [0.2, 0.25) is 0 Å². The number of tetrazole rings is 1. The molecule has 0 saturated heterocycles. The van der Waals surface area contributed by atoms with Crippen LogP contribution in [0.4, 0.5) is 11.6 Å². The molecule has 0 saturated carbocycles. The standard InChI is InChI=1S/C11H14N6O2S/c1-17-14-11(13-16-17)15-20(18,19)9-5-4-8-3-2-6-12-10(8)7-9/h4-5,7,12H,2-3,6H2,1H3,(H,14,15). The first-order chi connectivity index (χ1) is 9.54. The lowest BCUT2D eigenvalue weighted by molar-refractivity contribution is 0.600. The van der Waals surface area contributed by atoms with Gasteiger partial charge in [0.1, 0.15) is 0 Å². The lowest BCUT2D eigenvalue weighted by Crippen LogP contribution is -2.16. The maximum absolute atomic E-state index is 12.2. The molecule has 3 rings (SSSR count). The van der Waals surface area contributed by atoms with Crippen LogP contribution >= 0.6 is 0 Å². The maximum Gasteiger partial charge on any atom is 0.277 e. The highest BCUT2D eigenvalue weighted by Crippen LogP contribution is 2.25. The minimum absolute atomic E-state index is 0.0434. The van der Waals surface area contributed by atoms with Crippen LogP contribution in [0.5, 0.6) is 0 Å². The number of anilines is 2. The van der Waals surface area contributed by atoms with Gasteiger partial charge in [-0.3, -0.25) is 0 Å². The third-order valence-corrected chi connectivity index (χ3v) is 4.39. The topological polar surface area (TPSA) is 102 Å². The Kier molecular flexibility index (Phi) is 3.05. The summed E-state index contributed by atoms with van der Waals surface area (Å²) in [5.74, 6) is -0.0434. The van der Waals surface area contributed by atoms with E-state index in [1.54, 1.807) is 19.2 Å². The predicted molar refractivity (Wildman–Crippen MR) is 72.9 cm³/mol. The number of hydrogen-bond acceptors (Lipinski definition) is 6. The Balaban J connectivity index is 1.91. The van der Waals surface area contributed by atoms with Crippen molar-refractivity contribution in [3.05, 3.63) is 23.8 Å². The minimum Gasteiger partial charge on any atom is -0.385 e.